The Morgan fingerprint density at radius 1 is 1.53 bits per heavy atom. The third-order valence-corrected chi connectivity index (χ3v) is 2.66. The zero-order chi connectivity index (χ0) is 11.5. The van der Waals surface area contributed by atoms with Gasteiger partial charge < -0.3 is 10.1 Å². The van der Waals surface area contributed by atoms with E-state index in [1.165, 1.54) is 0 Å². The van der Waals surface area contributed by atoms with E-state index in [0.717, 1.165) is 25.4 Å². The molecule has 1 rings (SSSR count). The average Bonchev–Trinajstić information content (AvgIpc) is 2.18. The molecule has 0 radical (unpaired) electrons. The first kappa shape index (κ1) is 11.5. The largest absolute Gasteiger partial charge is 0.363 e. The van der Waals surface area contributed by atoms with Crippen LogP contribution >= 0.6 is 0 Å². The standard InChI is InChI=1S/C6H7N3O5S/c1-14-8-15(12,13)5-2-3-6(7-4-5)9(10)11/h2-4,8H,1H3. The van der Waals surface area contributed by atoms with E-state index >= 15 is 0 Å². The third-order valence-electron chi connectivity index (χ3n) is 1.41. The molecule has 0 atom stereocenters. The highest BCUT2D eigenvalue weighted by atomic mass is 32.2. The number of sulfonamides is 1. The predicted octanol–water partition coefficient (Wildman–Crippen LogP) is -0.171. The van der Waals surface area contributed by atoms with Gasteiger partial charge in [0.05, 0.1) is 7.11 Å². The smallest absolute Gasteiger partial charge is 0.358 e. The second kappa shape index (κ2) is 4.29. The van der Waals surface area contributed by atoms with Crippen molar-refractivity contribution in [3.8, 4) is 0 Å². The van der Waals surface area contributed by atoms with Gasteiger partial charge in [-0.1, -0.05) is 4.89 Å². The summed E-state index contributed by atoms with van der Waals surface area (Å²) in [5, 5.41) is 10.2. The van der Waals surface area contributed by atoms with Crippen molar-refractivity contribution in [3.63, 3.8) is 0 Å². The van der Waals surface area contributed by atoms with Crippen LogP contribution in [0.25, 0.3) is 0 Å². The summed E-state index contributed by atoms with van der Waals surface area (Å²) >= 11 is 0. The van der Waals surface area contributed by atoms with Crippen LogP contribution in [0.5, 0.6) is 0 Å². The first-order valence-electron chi connectivity index (χ1n) is 3.62. The van der Waals surface area contributed by atoms with Crippen LogP contribution < -0.4 is 4.89 Å². The Morgan fingerprint density at radius 3 is 2.60 bits per heavy atom. The van der Waals surface area contributed by atoms with Crippen LogP contribution in [0.2, 0.25) is 0 Å². The summed E-state index contributed by atoms with van der Waals surface area (Å²) in [7, 11) is -2.67. The van der Waals surface area contributed by atoms with Gasteiger partial charge in [0.25, 0.3) is 10.0 Å². The van der Waals surface area contributed by atoms with E-state index in [2.05, 4.69) is 9.82 Å². The molecule has 0 spiro atoms. The SMILES string of the molecule is CONS(=O)(=O)c1ccc([N+](=O)[O-])nc1. The minimum absolute atomic E-state index is 0.213. The molecule has 0 fully saturated rings. The number of pyridine rings is 1. The van der Waals surface area contributed by atoms with Gasteiger partial charge in [0.2, 0.25) is 0 Å². The maximum Gasteiger partial charge on any atom is 0.363 e. The molecule has 9 heteroatoms. The molecule has 1 aromatic heterocycles. The van der Waals surface area contributed by atoms with E-state index in [1.807, 2.05) is 0 Å². The van der Waals surface area contributed by atoms with Gasteiger partial charge in [-0.25, -0.2) is 8.42 Å². The molecule has 82 valence electrons. The second-order valence-electron chi connectivity index (χ2n) is 2.40. The van der Waals surface area contributed by atoms with Crippen LogP contribution in [0, 0.1) is 10.1 Å². The fraction of sp³-hybridized carbons (Fsp3) is 0.167. The van der Waals surface area contributed by atoms with Crippen molar-refractivity contribution in [2.75, 3.05) is 7.11 Å². The van der Waals surface area contributed by atoms with Gasteiger partial charge in [0.15, 0.2) is 6.20 Å². The Bertz CT molecular complexity index is 454. The molecule has 0 saturated heterocycles. The molecular weight excluding hydrogens is 226 g/mol. The summed E-state index contributed by atoms with van der Waals surface area (Å²) in [4.78, 5) is 18.6. The number of rotatable bonds is 4. The van der Waals surface area contributed by atoms with Crippen molar-refractivity contribution in [1.82, 2.24) is 9.87 Å². The van der Waals surface area contributed by atoms with E-state index in [1.54, 1.807) is 4.89 Å². The van der Waals surface area contributed by atoms with E-state index in [0.29, 0.717) is 0 Å². The molecule has 1 aromatic rings. The van der Waals surface area contributed by atoms with E-state index in [4.69, 9.17) is 0 Å². The van der Waals surface area contributed by atoms with Gasteiger partial charge >= 0.3 is 5.82 Å². The molecule has 0 unspecified atom stereocenters. The van der Waals surface area contributed by atoms with Crippen LogP contribution in [0.15, 0.2) is 23.2 Å². The van der Waals surface area contributed by atoms with E-state index < -0.39 is 20.8 Å². The minimum Gasteiger partial charge on any atom is -0.358 e. The Morgan fingerprint density at radius 2 is 2.20 bits per heavy atom. The molecule has 0 aliphatic heterocycles. The monoisotopic (exact) mass is 233 g/mol. The molecule has 0 saturated carbocycles. The number of aromatic nitrogens is 1. The molecule has 0 aromatic carbocycles. The molecule has 0 aliphatic rings. The Kier molecular flexibility index (Phi) is 3.29. The molecule has 1 heterocycles. The highest BCUT2D eigenvalue weighted by Crippen LogP contribution is 2.11. The second-order valence-corrected chi connectivity index (χ2v) is 4.05. The lowest BCUT2D eigenvalue weighted by Gasteiger charge is -2.01. The summed E-state index contributed by atoms with van der Waals surface area (Å²) in [6.07, 6.45) is 0.874. The lowest BCUT2D eigenvalue weighted by molar-refractivity contribution is -0.389. The predicted molar refractivity (Wildman–Crippen MR) is 48.2 cm³/mol. The van der Waals surface area contributed by atoms with Gasteiger partial charge in [0.1, 0.15) is 4.90 Å². The third kappa shape index (κ3) is 2.68. The Hall–Kier alpha value is -1.58. The minimum atomic E-state index is -3.81. The highest BCUT2D eigenvalue weighted by molar-refractivity contribution is 7.89. The quantitative estimate of drug-likeness (QED) is 0.570. The van der Waals surface area contributed by atoms with Gasteiger partial charge in [0, 0.05) is 6.07 Å². The first-order valence-corrected chi connectivity index (χ1v) is 5.11. The lowest BCUT2D eigenvalue weighted by Crippen LogP contribution is -2.22. The number of nitrogens with zero attached hydrogens (tertiary/aromatic N) is 2. The summed E-state index contributed by atoms with van der Waals surface area (Å²) in [5.74, 6) is -0.425. The van der Waals surface area contributed by atoms with Crippen molar-refractivity contribution < 1.29 is 18.2 Å². The van der Waals surface area contributed by atoms with Crippen LogP contribution in [0.4, 0.5) is 5.82 Å². The normalized spacial score (nSPS) is 11.3. The molecule has 1 N–H and O–H groups in total. The van der Waals surface area contributed by atoms with Crippen LogP contribution in [-0.2, 0) is 14.9 Å². The molecule has 15 heavy (non-hydrogen) atoms. The van der Waals surface area contributed by atoms with Gasteiger partial charge in [-0.2, -0.15) is 0 Å². The van der Waals surface area contributed by atoms with Crippen molar-refractivity contribution in [2.45, 2.75) is 4.90 Å². The van der Waals surface area contributed by atoms with Crippen molar-refractivity contribution >= 4 is 15.8 Å². The van der Waals surface area contributed by atoms with E-state index in [-0.39, 0.29) is 4.90 Å². The van der Waals surface area contributed by atoms with E-state index in [9.17, 15) is 18.5 Å². The van der Waals surface area contributed by atoms with Gasteiger partial charge in [-0.3, -0.25) is 4.84 Å². The number of hydrogen-bond donors (Lipinski definition) is 1. The Labute approximate surface area is 85.0 Å². The number of hydrogen-bond acceptors (Lipinski definition) is 6. The topological polar surface area (TPSA) is 111 Å². The van der Waals surface area contributed by atoms with Crippen molar-refractivity contribution in [3.05, 3.63) is 28.4 Å². The zero-order valence-electron chi connectivity index (χ0n) is 7.58. The summed E-state index contributed by atoms with van der Waals surface area (Å²) in [6, 6.07) is 2.05. The first-order chi connectivity index (χ1) is 6.97. The fourth-order valence-electron chi connectivity index (χ4n) is 0.797. The van der Waals surface area contributed by atoms with Crippen LogP contribution in [0.1, 0.15) is 0 Å². The Balaban J connectivity index is 3.04. The van der Waals surface area contributed by atoms with Gasteiger partial charge in [-0.05, 0) is 16.0 Å². The highest BCUT2D eigenvalue weighted by Gasteiger charge is 2.17. The summed E-state index contributed by atoms with van der Waals surface area (Å²) in [5.41, 5.74) is 0. The molecule has 0 amide bonds. The van der Waals surface area contributed by atoms with Crippen LogP contribution in [0.3, 0.4) is 0 Å². The van der Waals surface area contributed by atoms with Crippen LogP contribution in [-0.4, -0.2) is 25.4 Å². The molecule has 0 aliphatic carbocycles. The average molecular weight is 233 g/mol. The molecule has 0 bridgehead atoms. The number of nitro groups is 1. The molecular formula is C6H7N3O5S. The molecule has 8 nitrogen and oxygen atoms in total. The zero-order valence-corrected chi connectivity index (χ0v) is 8.39. The summed E-state index contributed by atoms with van der Waals surface area (Å²) in [6.45, 7) is 0. The lowest BCUT2D eigenvalue weighted by atomic mass is 10.5. The fourth-order valence-corrected chi connectivity index (χ4v) is 1.55. The maximum absolute atomic E-state index is 11.3. The maximum atomic E-state index is 11.3. The van der Waals surface area contributed by atoms with Crippen molar-refractivity contribution in [1.29, 1.82) is 0 Å². The summed E-state index contributed by atoms with van der Waals surface area (Å²) < 4.78 is 22.5. The van der Waals surface area contributed by atoms with Crippen molar-refractivity contribution in [2.24, 2.45) is 0 Å². The number of nitrogens with one attached hydrogen (secondary N) is 1. The van der Waals surface area contributed by atoms with Gasteiger partial charge in [-0.15, -0.1) is 0 Å².